The molecule has 11 heavy (non-hydrogen) atoms. The fourth-order valence-corrected chi connectivity index (χ4v) is 2.22. The van der Waals surface area contributed by atoms with Gasteiger partial charge in [-0.3, -0.25) is 0 Å². The van der Waals surface area contributed by atoms with Crippen molar-refractivity contribution in [3.8, 4) is 0 Å². The summed E-state index contributed by atoms with van der Waals surface area (Å²) in [5.41, 5.74) is 5.89. The van der Waals surface area contributed by atoms with Crippen LogP contribution in [0.15, 0.2) is 0 Å². The normalized spacial score (nSPS) is 38.7. The summed E-state index contributed by atoms with van der Waals surface area (Å²) < 4.78 is 0. The van der Waals surface area contributed by atoms with Crippen LogP contribution in [0, 0.1) is 17.8 Å². The van der Waals surface area contributed by atoms with E-state index >= 15 is 0 Å². The van der Waals surface area contributed by atoms with Crippen molar-refractivity contribution in [2.75, 3.05) is 0 Å². The molecule has 2 N–H and O–H groups in total. The smallest absolute Gasteiger partial charge is 0.00390 e. The molecule has 1 heteroatoms. The minimum Gasteiger partial charge on any atom is -0.328 e. The van der Waals surface area contributed by atoms with Gasteiger partial charge in [0.05, 0.1) is 0 Å². The van der Waals surface area contributed by atoms with Crippen LogP contribution >= 0.6 is 0 Å². The van der Waals surface area contributed by atoms with E-state index in [4.69, 9.17) is 5.73 Å². The number of hydrogen-bond acceptors (Lipinski definition) is 1. The minimum absolute atomic E-state index is 0.457. The Hall–Kier alpha value is -0.0400. The maximum absolute atomic E-state index is 5.89. The molecular weight excluding hydrogens is 134 g/mol. The molecule has 1 fully saturated rings. The summed E-state index contributed by atoms with van der Waals surface area (Å²) in [6.07, 6.45) is 3.75. The van der Waals surface area contributed by atoms with Crippen molar-refractivity contribution in [2.45, 2.75) is 46.1 Å². The van der Waals surface area contributed by atoms with Gasteiger partial charge in [-0.1, -0.05) is 27.2 Å². The molecule has 3 unspecified atom stereocenters. The Morgan fingerprint density at radius 3 is 2.27 bits per heavy atom. The van der Waals surface area contributed by atoms with Crippen LogP contribution in [-0.4, -0.2) is 6.04 Å². The van der Waals surface area contributed by atoms with E-state index in [1.165, 1.54) is 12.8 Å². The predicted molar refractivity (Wildman–Crippen MR) is 49.3 cm³/mol. The van der Waals surface area contributed by atoms with Gasteiger partial charge < -0.3 is 5.73 Å². The second-order valence-electron chi connectivity index (χ2n) is 4.00. The van der Waals surface area contributed by atoms with Gasteiger partial charge in [-0.05, 0) is 30.6 Å². The summed E-state index contributed by atoms with van der Waals surface area (Å²) in [5.74, 6) is 2.90. The van der Waals surface area contributed by atoms with E-state index in [9.17, 15) is 0 Å². The summed E-state index contributed by atoms with van der Waals surface area (Å²) in [5, 5.41) is 0. The molecule has 1 saturated carbocycles. The molecule has 1 aliphatic rings. The SMILES string of the molecule is CCC(N)CC1C(C)[C@H]1CC. The van der Waals surface area contributed by atoms with Gasteiger partial charge in [0.2, 0.25) is 0 Å². The number of rotatable bonds is 4. The lowest BCUT2D eigenvalue weighted by atomic mass is 10.1. The van der Waals surface area contributed by atoms with E-state index in [-0.39, 0.29) is 0 Å². The zero-order valence-electron chi connectivity index (χ0n) is 8.01. The molecule has 0 heterocycles. The molecular formula is C10H21N. The molecule has 0 aliphatic heterocycles. The van der Waals surface area contributed by atoms with Crippen molar-refractivity contribution in [3.63, 3.8) is 0 Å². The highest BCUT2D eigenvalue weighted by Crippen LogP contribution is 2.50. The van der Waals surface area contributed by atoms with Gasteiger partial charge >= 0.3 is 0 Å². The molecule has 0 radical (unpaired) electrons. The van der Waals surface area contributed by atoms with Crippen LogP contribution in [0.4, 0.5) is 0 Å². The third-order valence-corrected chi connectivity index (χ3v) is 3.33. The van der Waals surface area contributed by atoms with E-state index in [2.05, 4.69) is 20.8 Å². The van der Waals surface area contributed by atoms with E-state index in [0.29, 0.717) is 6.04 Å². The highest BCUT2D eigenvalue weighted by molar-refractivity contribution is 4.94. The average Bonchev–Trinajstić information content (AvgIpc) is 2.61. The Kier molecular flexibility index (Phi) is 2.94. The summed E-state index contributed by atoms with van der Waals surface area (Å²) >= 11 is 0. The van der Waals surface area contributed by atoms with Crippen LogP contribution < -0.4 is 5.73 Å². The predicted octanol–water partition coefficient (Wildman–Crippen LogP) is 2.41. The van der Waals surface area contributed by atoms with E-state index in [1.807, 2.05) is 0 Å². The van der Waals surface area contributed by atoms with Gasteiger partial charge in [0.15, 0.2) is 0 Å². The van der Waals surface area contributed by atoms with Crippen molar-refractivity contribution in [3.05, 3.63) is 0 Å². The van der Waals surface area contributed by atoms with E-state index in [1.54, 1.807) is 0 Å². The van der Waals surface area contributed by atoms with Gasteiger partial charge in [-0.2, -0.15) is 0 Å². The quantitative estimate of drug-likeness (QED) is 0.663. The van der Waals surface area contributed by atoms with Crippen molar-refractivity contribution in [1.29, 1.82) is 0 Å². The molecule has 1 nitrogen and oxygen atoms in total. The van der Waals surface area contributed by atoms with Crippen molar-refractivity contribution < 1.29 is 0 Å². The lowest BCUT2D eigenvalue weighted by Crippen LogP contribution is -2.19. The van der Waals surface area contributed by atoms with Gasteiger partial charge in [0.1, 0.15) is 0 Å². The molecule has 0 spiro atoms. The van der Waals surface area contributed by atoms with Crippen LogP contribution in [-0.2, 0) is 0 Å². The summed E-state index contributed by atoms with van der Waals surface area (Å²) in [7, 11) is 0. The third kappa shape index (κ3) is 1.96. The molecule has 0 amide bonds. The second-order valence-corrected chi connectivity index (χ2v) is 4.00. The molecule has 1 rings (SSSR count). The summed E-state index contributed by atoms with van der Waals surface area (Å²) in [4.78, 5) is 0. The molecule has 0 saturated heterocycles. The Balaban J connectivity index is 2.20. The highest BCUT2D eigenvalue weighted by atomic mass is 14.6. The number of hydrogen-bond donors (Lipinski definition) is 1. The third-order valence-electron chi connectivity index (χ3n) is 3.33. The Labute approximate surface area is 70.4 Å². The monoisotopic (exact) mass is 155 g/mol. The van der Waals surface area contributed by atoms with Crippen LogP contribution in [0.5, 0.6) is 0 Å². The average molecular weight is 155 g/mol. The van der Waals surface area contributed by atoms with Gasteiger partial charge in [0.25, 0.3) is 0 Å². The minimum atomic E-state index is 0.457. The molecule has 1 aliphatic carbocycles. The van der Waals surface area contributed by atoms with Gasteiger partial charge in [-0.15, -0.1) is 0 Å². The molecule has 0 aromatic heterocycles. The molecule has 0 aromatic rings. The molecule has 66 valence electrons. The van der Waals surface area contributed by atoms with Crippen LogP contribution in [0.2, 0.25) is 0 Å². The lowest BCUT2D eigenvalue weighted by molar-refractivity contribution is 0.517. The summed E-state index contributed by atoms with van der Waals surface area (Å²) in [6, 6.07) is 0.457. The Bertz CT molecular complexity index is 122. The van der Waals surface area contributed by atoms with Crippen LogP contribution in [0.25, 0.3) is 0 Å². The van der Waals surface area contributed by atoms with Crippen molar-refractivity contribution >= 4 is 0 Å². The lowest BCUT2D eigenvalue weighted by Gasteiger charge is -2.06. The zero-order valence-corrected chi connectivity index (χ0v) is 8.01. The van der Waals surface area contributed by atoms with Crippen LogP contribution in [0.3, 0.4) is 0 Å². The van der Waals surface area contributed by atoms with Gasteiger partial charge in [-0.25, -0.2) is 0 Å². The maximum Gasteiger partial charge on any atom is 0.00390 e. The molecule has 0 bridgehead atoms. The first-order chi connectivity index (χ1) is 5.20. The number of nitrogens with two attached hydrogens (primary N) is 1. The summed E-state index contributed by atoms with van der Waals surface area (Å²) in [6.45, 7) is 6.83. The van der Waals surface area contributed by atoms with Crippen molar-refractivity contribution in [1.82, 2.24) is 0 Å². The Morgan fingerprint density at radius 1 is 1.27 bits per heavy atom. The van der Waals surface area contributed by atoms with E-state index < -0.39 is 0 Å². The Morgan fingerprint density at radius 2 is 1.91 bits per heavy atom. The first kappa shape index (κ1) is 9.05. The standard InChI is InChI=1S/C10H21N/c1-4-8(11)6-10-7(3)9(10)5-2/h7-10H,4-6,11H2,1-3H3/t7?,8?,9-,10?/m1/s1. The second kappa shape index (κ2) is 3.57. The topological polar surface area (TPSA) is 26.0 Å². The molecule has 0 aromatic carbocycles. The molecule has 4 atom stereocenters. The largest absolute Gasteiger partial charge is 0.328 e. The fourth-order valence-electron chi connectivity index (χ4n) is 2.22. The highest BCUT2D eigenvalue weighted by Gasteiger charge is 2.44. The maximum atomic E-state index is 5.89. The van der Waals surface area contributed by atoms with Gasteiger partial charge in [0, 0.05) is 6.04 Å². The first-order valence-electron chi connectivity index (χ1n) is 4.96. The van der Waals surface area contributed by atoms with E-state index in [0.717, 1.165) is 24.2 Å². The first-order valence-corrected chi connectivity index (χ1v) is 4.96. The fraction of sp³-hybridized carbons (Fsp3) is 1.00. The van der Waals surface area contributed by atoms with Crippen LogP contribution in [0.1, 0.15) is 40.0 Å². The van der Waals surface area contributed by atoms with Crippen molar-refractivity contribution in [2.24, 2.45) is 23.5 Å². The zero-order chi connectivity index (χ0) is 8.43.